The number of hydrogen-bond acceptors (Lipinski definition) is 4. The highest BCUT2D eigenvalue weighted by Crippen LogP contribution is 2.34. The van der Waals surface area contributed by atoms with Crippen molar-refractivity contribution >= 4 is 16.7 Å². The number of pyridine rings is 1. The van der Waals surface area contributed by atoms with E-state index in [2.05, 4.69) is 4.98 Å². The van der Waals surface area contributed by atoms with Crippen LogP contribution in [0.4, 0.5) is 8.78 Å². The van der Waals surface area contributed by atoms with Crippen LogP contribution in [0.25, 0.3) is 10.8 Å². The van der Waals surface area contributed by atoms with Crippen molar-refractivity contribution in [3.63, 3.8) is 0 Å². The highest BCUT2D eigenvalue weighted by atomic mass is 19.2. The number of aromatic nitrogens is 1. The summed E-state index contributed by atoms with van der Waals surface area (Å²) in [5.74, 6) is -2.80. The van der Waals surface area contributed by atoms with E-state index in [0.717, 1.165) is 12.1 Å². The minimum absolute atomic E-state index is 0.0148. The number of carbonyl (C=O) groups excluding carboxylic acids is 1. The van der Waals surface area contributed by atoms with Crippen LogP contribution >= 0.6 is 0 Å². The van der Waals surface area contributed by atoms with Crippen LogP contribution in [-0.2, 0) is 16.1 Å². The van der Waals surface area contributed by atoms with Crippen molar-refractivity contribution in [2.45, 2.75) is 18.8 Å². The average molecular weight is 400 g/mol. The topological polar surface area (TPSA) is 82.6 Å². The maximum atomic E-state index is 13.9. The molecule has 0 bridgehead atoms. The normalized spacial score (nSPS) is 17.0. The van der Waals surface area contributed by atoms with Gasteiger partial charge >= 0.3 is 0 Å². The van der Waals surface area contributed by atoms with Crippen LogP contribution in [0.5, 0.6) is 0 Å². The summed E-state index contributed by atoms with van der Waals surface area (Å²) in [6.07, 6.45) is -1.39. The molecule has 1 unspecified atom stereocenters. The van der Waals surface area contributed by atoms with Crippen LogP contribution in [-0.4, -0.2) is 34.6 Å². The molecule has 0 spiro atoms. The largest absolute Gasteiger partial charge is 0.378 e. The Morgan fingerprint density at radius 2 is 1.86 bits per heavy atom. The first-order chi connectivity index (χ1) is 13.9. The Kier molecular flexibility index (Phi) is 4.89. The molecule has 1 aliphatic rings. The van der Waals surface area contributed by atoms with Gasteiger partial charge in [0.05, 0.1) is 24.6 Å². The maximum absolute atomic E-state index is 13.9. The lowest BCUT2D eigenvalue weighted by molar-refractivity contribution is -0.143. The van der Waals surface area contributed by atoms with Crippen molar-refractivity contribution in [1.29, 1.82) is 0 Å². The Bertz CT molecular complexity index is 1150. The number of fused-ring (bicyclic) bond motifs is 3. The molecule has 1 aromatic heterocycles. The number of H-pyrrole nitrogens is 1. The van der Waals surface area contributed by atoms with Gasteiger partial charge in [0, 0.05) is 18.3 Å². The third-order valence-corrected chi connectivity index (χ3v) is 5.20. The van der Waals surface area contributed by atoms with E-state index in [1.54, 1.807) is 30.3 Å². The zero-order valence-electron chi connectivity index (χ0n) is 15.5. The molecule has 29 heavy (non-hydrogen) atoms. The molecule has 2 N–H and O–H groups in total. The number of nitrogens with zero attached hydrogens (tertiary/aromatic N) is 1. The molecule has 2 atom stereocenters. The van der Waals surface area contributed by atoms with Gasteiger partial charge in [-0.25, -0.2) is 8.78 Å². The quantitative estimate of drug-likeness (QED) is 0.708. The standard InChI is InChI=1S/C21H18F2N2O4/c1-25(21(28)19(26)11-5-3-2-4-6-11)17-10-29-9-16-18(17)12-7-14(22)15(23)8-13(12)20(27)24-16/h2-8,17,19,26H,9-10H2,1H3,(H,24,27)/t17-,19?/m1/s1. The van der Waals surface area contributed by atoms with Crippen LogP contribution in [0.2, 0.25) is 0 Å². The highest BCUT2D eigenvalue weighted by Gasteiger charge is 2.33. The number of aliphatic hydroxyl groups excluding tert-OH is 1. The lowest BCUT2D eigenvalue weighted by Crippen LogP contribution is -2.40. The summed E-state index contributed by atoms with van der Waals surface area (Å²) < 4.78 is 33.1. The molecule has 2 aromatic carbocycles. The van der Waals surface area contributed by atoms with Crippen molar-refractivity contribution in [2.75, 3.05) is 13.7 Å². The van der Waals surface area contributed by atoms with Crippen LogP contribution in [0.15, 0.2) is 47.3 Å². The second-order valence-corrected chi connectivity index (χ2v) is 6.95. The molecule has 1 amide bonds. The van der Waals surface area contributed by atoms with E-state index in [0.29, 0.717) is 16.8 Å². The first-order valence-electron chi connectivity index (χ1n) is 8.99. The van der Waals surface area contributed by atoms with Gasteiger partial charge in [-0.1, -0.05) is 30.3 Å². The third kappa shape index (κ3) is 3.30. The molecular weight excluding hydrogens is 382 g/mol. The first-order valence-corrected chi connectivity index (χ1v) is 8.99. The van der Waals surface area contributed by atoms with Crippen molar-refractivity contribution in [3.05, 3.63) is 81.3 Å². The fraction of sp³-hybridized carbons (Fsp3) is 0.238. The molecule has 6 nitrogen and oxygen atoms in total. The van der Waals surface area contributed by atoms with E-state index in [1.165, 1.54) is 11.9 Å². The Morgan fingerprint density at radius 1 is 1.21 bits per heavy atom. The third-order valence-electron chi connectivity index (χ3n) is 5.20. The molecule has 4 rings (SSSR count). The number of halogens is 2. The lowest BCUT2D eigenvalue weighted by Gasteiger charge is -2.34. The summed E-state index contributed by atoms with van der Waals surface area (Å²) in [6.45, 7) is 0.149. The van der Waals surface area contributed by atoms with Crippen LogP contribution < -0.4 is 5.56 Å². The maximum Gasteiger partial charge on any atom is 0.256 e. The minimum Gasteiger partial charge on any atom is -0.378 e. The van der Waals surface area contributed by atoms with Gasteiger partial charge in [-0.2, -0.15) is 0 Å². The molecule has 0 saturated heterocycles. The lowest BCUT2D eigenvalue weighted by atomic mass is 9.95. The minimum atomic E-state index is -1.39. The molecular formula is C21H18F2N2O4. The summed E-state index contributed by atoms with van der Waals surface area (Å²) in [5.41, 5.74) is 0.723. The van der Waals surface area contributed by atoms with Gasteiger partial charge in [-0.05, 0) is 23.1 Å². The average Bonchev–Trinajstić information content (AvgIpc) is 2.73. The summed E-state index contributed by atoms with van der Waals surface area (Å²) >= 11 is 0. The van der Waals surface area contributed by atoms with Crippen LogP contribution in [0.3, 0.4) is 0 Å². The Balaban J connectivity index is 1.80. The van der Waals surface area contributed by atoms with Gasteiger partial charge in [-0.3, -0.25) is 9.59 Å². The molecule has 1 aliphatic heterocycles. The second kappa shape index (κ2) is 7.38. The van der Waals surface area contributed by atoms with E-state index in [1.807, 2.05) is 0 Å². The SMILES string of the molecule is CN(C(=O)C(O)c1ccccc1)[C@@H]1COCc2[nH]c(=O)c3cc(F)c(F)cc3c21. The fourth-order valence-electron chi connectivity index (χ4n) is 3.67. The van der Waals surface area contributed by atoms with Gasteiger partial charge in [-0.15, -0.1) is 0 Å². The zero-order chi connectivity index (χ0) is 20.7. The number of rotatable bonds is 3. The summed E-state index contributed by atoms with van der Waals surface area (Å²) in [7, 11) is 1.49. The van der Waals surface area contributed by atoms with E-state index < -0.39 is 35.2 Å². The number of amides is 1. The molecule has 0 radical (unpaired) electrons. The highest BCUT2D eigenvalue weighted by molar-refractivity contribution is 5.88. The summed E-state index contributed by atoms with van der Waals surface area (Å²) in [4.78, 5) is 29.1. The van der Waals surface area contributed by atoms with Crippen molar-refractivity contribution in [1.82, 2.24) is 9.88 Å². The Morgan fingerprint density at radius 3 is 2.55 bits per heavy atom. The van der Waals surface area contributed by atoms with Crippen molar-refractivity contribution in [3.8, 4) is 0 Å². The number of nitrogens with one attached hydrogen (secondary N) is 1. The molecule has 2 heterocycles. The molecule has 0 fully saturated rings. The number of aliphatic hydroxyl groups is 1. The monoisotopic (exact) mass is 400 g/mol. The Labute approximate surface area is 164 Å². The van der Waals surface area contributed by atoms with Gasteiger partial charge in [0.1, 0.15) is 0 Å². The second-order valence-electron chi connectivity index (χ2n) is 6.95. The van der Waals surface area contributed by atoms with Crippen molar-refractivity contribution < 1.29 is 23.4 Å². The molecule has 0 saturated carbocycles. The Hall–Kier alpha value is -3.10. The number of carbonyl (C=O) groups is 1. The van der Waals surface area contributed by atoms with Crippen LogP contribution in [0.1, 0.15) is 29.0 Å². The first kappa shape index (κ1) is 19.2. The van der Waals surface area contributed by atoms with Gasteiger partial charge in [0.2, 0.25) is 0 Å². The number of aromatic amines is 1. The van der Waals surface area contributed by atoms with E-state index in [-0.39, 0.29) is 24.0 Å². The predicted molar refractivity (Wildman–Crippen MR) is 101 cm³/mol. The van der Waals surface area contributed by atoms with E-state index >= 15 is 0 Å². The van der Waals surface area contributed by atoms with Gasteiger partial charge < -0.3 is 19.7 Å². The van der Waals surface area contributed by atoms with Crippen LogP contribution in [0, 0.1) is 11.6 Å². The predicted octanol–water partition coefficient (Wildman–Crippen LogP) is 2.57. The summed E-state index contributed by atoms with van der Waals surface area (Å²) in [5, 5.41) is 10.7. The number of benzene rings is 2. The van der Waals surface area contributed by atoms with Crippen molar-refractivity contribution in [2.24, 2.45) is 0 Å². The van der Waals surface area contributed by atoms with Gasteiger partial charge in [0.25, 0.3) is 11.5 Å². The summed E-state index contributed by atoms with van der Waals surface area (Å²) in [6, 6.07) is 9.56. The molecule has 0 aliphatic carbocycles. The number of hydrogen-bond donors (Lipinski definition) is 2. The molecule has 8 heteroatoms. The molecule has 3 aromatic rings. The number of ether oxygens (including phenoxy) is 1. The smallest absolute Gasteiger partial charge is 0.256 e. The number of likely N-dealkylation sites (N-methyl/N-ethyl adjacent to an activating group) is 1. The van der Waals surface area contributed by atoms with E-state index in [9.17, 15) is 23.5 Å². The zero-order valence-corrected chi connectivity index (χ0v) is 15.5. The molecule has 150 valence electrons. The van der Waals surface area contributed by atoms with Gasteiger partial charge in [0.15, 0.2) is 17.7 Å². The fourth-order valence-corrected chi connectivity index (χ4v) is 3.67. The van der Waals surface area contributed by atoms with E-state index in [4.69, 9.17) is 4.74 Å².